The second-order valence-electron chi connectivity index (χ2n) is 7.14. The molecule has 1 rings (SSSR count). The Labute approximate surface area is 184 Å². The highest BCUT2D eigenvalue weighted by atomic mass is 31.2. The van der Waals surface area contributed by atoms with Crippen LogP contribution < -0.4 is 0 Å². The smallest absolute Gasteiger partial charge is 0.353 e. The van der Waals surface area contributed by atoms with Gasteiger partial charge in [-0.25, -0.2) is 0 Å². The number of aliphatic hydroxyl groups excluding tert-OH is 3. The van der Waals surface area contributed by atoms with E-state index in [2.05, 4.69) is 0 Å². The Kier molecular flexibility index (Phi) is 11.6. The molecule has 18 heteroatoms. The molecule has 0 amide bonds. The summed E-state index contributed by atoms with van der Waals surface area (Å²) in [6.07, 6.45) is -10.4. The molecule has 1 aliphatic heterocycles. The molecule has 0 saturated carbocycles. The molecule has 0 aromatic heterocycles. The molecule has 0 spiro atoms. The lowest BCUT2D eigenvalue weighted by molar-refractivity contribution is -0.332. The SMILES string of the molecule is CCCCOC[C@H]1O[C@](C)(O)[C@@H](OP(=O)(O)CO)[C@@H](OP(=O)(O)CO)[C@@H]1OP(=O)(O)CO. The van der Waals surface area contributed by atoms with E-state index < -0.39 is 78.6 Å². The molecule has 8 atom stereocenters. The highest BCUT2D eigenvalue weighted by molar-refractivity contribution is 7.53. The number of hydrogen-bond acceptors (Lipinski definition) is 12. The summed E-state index contributed by atoms with van der Waals surface area (Å²) in [5.74, 6) is -2.54. The van der Waals surface area contributed by atoms with E-state index in [1.165, 1.54) is 0 Å². The first-order valence-electron chi connectivity index (χ1n) is 9.44. The van der Waals surface area contributed by atoms with Crippen molar-refractivity contribution in [3.8, 4) is 0 Å². The minimum atomic E-state index is -4.86. The minimum absolute atomic E-state index is 0.207. The molecule has 1 heterocycles. The molecule has 1 aliphatic rings. The van der Waals surface area contributed by atoms with Gasteiger partial charge in [0.2, 0.25) is 0 Å². The van der Waals surface area contributed by atoms with E-state index in [9.17, 15) is 33.5 Å². The fraction of sp³-hybridized carbons (Fsp3) is 1.00. The van der Waals surface area contributed by atoms with Crippen LogP contribution in [0.4, 0.5) is 0 Å². The van der Waals surface area contributed by atoms with Crippen LogP contribution in [0.15, 0.2) is 0 Å². The van der Waals surface area contributed by atoms with Gasteiger partial charge in [-0.15, -0.1) is 0 Å². The van der Waals surface area contributed by atoms with Gasteiger partial charge in [0.25, 0.3) is 0 Å². The van der Waals surface area contributed by atoms with Crippen molar-refractivity contribution in [3.05, 3.63) is 0 Å². The van der Waals surface area contributed by atoms with Crippen LogP contribution in [0.1, 0.15) is 26.7 Å². The predicted octanol–water partition coefficient (Wildman–Crippen LogP) is -0.528. The monoisotopic (exact) mass is 532 g/mol. The summed E-state index contributed by atoms with van der Waals surface area (Å²) in [5.41, 5.74) is 0. The largest absolute Gasteiger partial charge is 0.384 e. The third-order valence-electron chi connectivity index (χ3n) is 4.22. The van der Waals surface area contributed by atoms with Crippen molar-refractivity contribution >= 4 is 22.8 Å². The van der Waals surface area contributed by atoms with Crippen molar-refractivity contribution in [1.29, 1.82) is 0 Å². The zero-order chi connectivity index (χ0) is 24.8. The number of unbranched alkanes of at least 4 members (excludes halogenated alkanes) is 1. The summed E-state index contributed by atoms with van der Waals surface area (Å²) >= 11 is 0. The number of rotatable bonds is 14. The van der Waals surface area contributed by atoms with Gasteiger partial charge in [0.1, 0.15) is 43.5 Å². The van der Waals surface area contributed by atoms with Gasteiger partial charge in [-0.2, -0.15) is 0 Å². The van der Waals surface area contributed by atoms with Gasteiger partial charge in [0, 0.05) is 6.61 Å². The van der Waals surface area contributed by atoms with E-state index in [-0.39, 0.29) is 6.61 Å². The van der Waals surface area contributed by atoms with Crippen LogP contribution in [-0.4, -0.2) is 97.6 Å². The maximum Gasteiger partial charge on any atom is 0.353 e. The summed E-state index contributed by atoms with van der Waals surface area (Å²) in [7, 11) is -14.5. The molecule has 0 aromatic carbocycles. The third-order valence-corrected chi connectivity index (χ3v) is 6.99. The Morgan fingerprint density at radius 3 is 1.81 bits per heavy atom. The zero-order valence-corrected chi connectivity index (χ0v) is 20.2. The van der Waals surface area contributed by atoms with E-state index in [1.54, 1.807) is 0 Å². The molecule has 0 bridgehead atoms. The molecule has 192 valence electrons. The van der Waals surface area contributed by atoms with Gasteiger partial charge in [0.15, 0.2) is 5.79 Å². The summed E-state index contributed by atoms with van der Waals surface area (Å²) in [6, 6.07) is 0. The van der Waals surface area contributed by atoms with Gasteiger partial charge in [-0.3, -0.25) is 27.3 Å². The predicted molar refractivity (Wildman–Crippen MR) is 107 cm³/mol. The molecule has 0 aromatic rings. The van der Waals surface area contributed by atoms with E-state index in [0.717, 1.165) is 13.3 Å². The summed E-state index contributed by atoms with van der Waals surface area (Å²) in [6.45, 7) is 2.63. The van der Waals surface area contributed by atoms with E-state index >= 15 is 0 Å². The van der Waals surface area contributed by atoms with Crippen molar-refractivity contribution in [2.45, 2.75) is 56.9 Å². The van der Waals surface area contributed by atoms with Gasteiger partial charge < -0.3 is 44.6 Å². The van der Waals surface area contributed by atoms with Crippen molar-refractivity contribution in [1.82, 2.24) is 0 Å². The van der Waals surface area contributed by atoms with Gasteiger partial charge >= 0.3 is 22.8 Å². The average molecular weight is 532 g/mol. The molecular weight excluding hydrogens is 501 g/mol. The molecule has 1 fully saturated rings. The maximum absolute atomic E-state index is 12.1. The summed E-state index contributed by atoms with van der Waals surface area (Å²) in [4.78, 5) is 29.2. The van der Waals surface area contributed by atoms with Gasteiger partial charge in [0.05, 0.1) is 6.61 Å². The maximum atomic E-state index is 12.1. The molecule has 3 unspecified atom stereocenters. The topological polar surface area (TPSA) is 239 Å². The quantitative estimate of drug-likeness (QED) is 0.110. The van der Waals surface area contributed by atoms with Crippen molar-refractivity contribution in [2.24, 2.45) is 0 Å². The zero-order valence-electron chi connectivity index (χ0n) is 17.5. The Hall–Kier alpha value is 0.210. The number of aliphatic hydroxyl groups is 4. The van der Waals surface area contributed by atoms with Crippen LogP contribution in [0.3, 0.4) is 0 Å². The molecule has 0 aliphatic carbocycles. The second kappa shape index (κ2) is 12.3. The highest BCUT2D eigenvalue weighted by Crippen LogP contribution is 2.54. The Morgan fingerprint density at radius 2 is 1.34 bits per heavy atom. The van der Waals surface area contributed by atoms with Crippen LogP contribution >= 0.6 is 22.8 Å². The minimum Gasteiger partial charge on any atom is -0.384 e. The average Bonchev–Trinajstić information content (AvgIpc) is 2.70. The fourth-order valence-electron chi connectivity index (χ4n) is 2.76. The van der Waals surface area contributed by atoms with E-state index in [1.807, 2.05) is 6.92 Å². The molecule has 0 radical (unpaired) electrons. The van der Waals surface area contributed by atoms with Crippen molar-refractivity contribution < 1.29 is 71.8 Å². The fourth-order valence-corrected chi connectivity index (χ4v) is 4.88. The summed E-state index contributed by atoms with van der Waals surface area (Å²) in [5, 5.41) is 38.0. The normalized spacial score (nSPS) is 34.4. The Morgan fingerprint density at radius 1 is 0.875 bits per heavy atom. The Balaban J connectivity index is 3.45. The van der Waals surface area contributed by atoms with E-state index in [0.29, 0.717) is 6.42 Å². The Bertz CT molecular complexity index is 730. The van der Waals surface area contributed by atoms with Crippen LogP contribution in [-0.2, 0) is 36.7 Å². The molecule has 32 heavy (non-hydrogen) atoms. The molecule has 1 saturated heterocycles. The first-order chi connectivity index (χ1) is 14.6. The first kappa shape index (κ1) is 30.2. The molecular formula is C14H31O15P3. The lowest BCUT2D eigenvalue weighted by Gasteiger charge is -2.49. The van der Waals surface area contributed by atoms with Gasteiger partial charge in [-0.1, -0.05) is 13.3 Å². The van der Waals surface area contributed by atoms with E-state index in [4.69, 9.17) is 38.4 Å². The van der Waals surface area contributed by atoms with Crippen LogP contribution in [0, 0.1) is 0 Å². The number of ether oxygens (including phenoxy) is 2. The highest BCUT2D eigenvalue weighted by Gasteiger charge is 2.58. The molecule has 7 N–H and O–H groups in total. The second-order valence-corrected chi connectivity index (χ2v) is 12.4. The lowest BCUT2D eigenvalue weighted by atomic mass is 9.93. The first-order valence-corrected chi connectivity index (χ1v) is 14.7. The van der Waals surface area contributed by atoms with Crippen molar-refractivity contribution in [2.75, 3.05) is 32.3 Å². The van der Waals surface area contributed by atoms with Crippen LogP contribution in [0.5, 0.6) is 0 Å². The van der Waals surface area contributed by atoms with Crippen LogP contribution in [0.2, 0.25) is 0 Å². The number of hydrogen-bond donors (Lipinski definition) is 7. The third kappa shape index (κ3) is 9.10. The summed E-state index contributed by atoms with van der Waals surface area (Å²) < 4.78 is 61.6. The lowest BCUT2D eigenvalue weighted by Crippen LogP contribution is -2.65. The van der Waals surface area contributed by atoms with Crippen molar-refractivity contribution in [3.63, 3.8) is 0 Å². The van der Waals surface area contributed by atoms with Gasteiger partial charge in [-0.05, 0) is 13.3 Å². The van der Waals surface area contributed by atoms with Crippen LogP contribution in [0.25, 0.3) is 0 Å². The standard InChI is InChI=1S/C14H31O15P3/c1-3-4-5-25-6-10-11(27-30(19,20)7-15)12(28-31(21,22)8-16)13(14(2,18)26-10)29-32(23,24)9-17/h10-13,15-18H,3-9H2,1-2H3,(H,19,20)(H,21,22)(H,23,24)/t10-,11-,12+,13+,14+/m1/s1. The molecule has 15 nitrogen and oxygen atoms in total.